The van der Waals surface area contributed by atoms with Crippen LogP contribution in [0.15, 0.2) is 75.8 Å². The number of carbonyl (C=O) groups is 1. The van der Waals surface area contributed by atoms with Gasteiger partial charge in [-0.05, 0) is 49.4 Å². The Morgan fingerprint density at radius 1 is 0.966 bits per heavy atom. The standard InChI is InChI=1S/C20H15N3O3.CO2/c1-13-7-9-14(10-8-13)18(24)21-16-5-2-4-15(12-16)19-22-23-20(26-19)17-6-3-11-25-17;2-1-3/h2-12H,1H3,(H,21,24);. The van der Waals surface area contributed by atoms with E-state index in [4.69, 9.17) is 18.4 Å². The zero-order chi connectivity index (χ0) is 20.6. The molecule has 0 aliphatic carbocycles. The molecule has 4 aromatic rings. The summed E-state index contributed by atoms with van der Waals surface area (Å²) in [4.78, 5) is 28.6. The van der Waals surface area contributed by atoms with Gasteiger partial charge < -0.3 is 14.2 Å². The maximum Gasteiger partial charge on any atom is 0.373 e. The summed E-state index contributed by atoms with van der Waals surface area (Å²) in [5.41, 5.74) is 3.05. The van der Waals surface area contributed by atoms with E-state index < -0.39 is 0 Å². The van der Waals surface area contributed by atoms with Crippen LogP contribution in [-0.2, 0) is 9.59 Å². The highest BCUT2D eigenvalue weighted by atomic mass is 16.4. The van der Waals surface area contributed by atoms with Crippen LogP contribution < -0.4 is 5.32 Å². The molecular weight excluding hydrogens is 374 g/mol. The molecule has 2 heterocycles. The number of carbonyl (C=O) groups excluding carboxylic acids is 3. The van der Waals surface area contributed by atoms with Crippen molar-refractivity contribution < 1.29 is 23.2 Å². The number of furan rings is 1. The van der Waals surface area contributed by atoms with E-state index in [0.29, 0.717) is 34.4 Å². The average Bonchev–Trinajstić information content (AvgIpc) is 3.41. The molecule has 0 unspecified atom stereocenters. The molecular formula is C21H15N3O5. The van der Waals surface area contributed by atoms with Crippen LogP contribution in [0.5, 0.6) is 0 Å². The summed E-state index contributed by atoms with van der Waals surface area (Å²) in [6.07, 6.45) is 1.79. The fraction of sp³-hybridized carbons (Fsp3) is 0.0476. The lowest BCUT2D eigenvalue weighted by Crippen LogP contribution is -2.11. The lowest BCUT2D eigenvalue weighted by molar-refractivity contribution is -0.191. The van der Waals surface area contributed by atoms with Crippen molar-refractivity contribution in [2.24, 2.45) is 0 Å². The van der Waals surface area contributed by atoms with Gasteiger partial charge in [-0.3, -0.25) is 4.79 Å². The molecule has 29 heavy (non-hydrogen) atoms. The summed E-state index contributed by atoms with van der Waals surface area (Å²) >= 11 is 0. The summed E-state index contributed by atoms with van der Waals surface area (Å²) in [5, 5.41) is 10.9. The molecule has 0 radical (unpaired) electrons. The highest BCUT2D eigenvalue weighted by Gasteiger charge is 2.13. The number of rotatable bonds is 4. The highest BCUT2D eigenvalue weighted by molar-refractivity contribution is 6.04. The molecule has 0 bridgehead atoms. The molecule has 8 nitrogen and oxygen atoms in total. The second-order valence-electron chi connectivity index (χ2n) is 5.87. The lowest BCUT2D eigenvalue weighted by atomic mass is 10.1. The van der Waals surface area contributed by atoms with Gasteiger partial charge >= 0.3 is 6.15 Å². The van der Waals surface area contributed by atoms with Crippen LogP contribution in [0.2, 0.25) is 0 Å². The van der Waals surface area contributed by atoms with Crippen molar-refractivity contribution >= 4 is 17.7 Å². The fourth-order valence-corrected chi connectivity index (χ4v) is 2.48. The van der Waals surface area contributed by atoms with Crippen molar-refractivity contribution in [3.05, 3.63) is 78.1 Å². The van der Waals surface area contributed by atoms with Gasteiger partial charge in [0.1, 0.15) is 0 Å². The first-order chi connectivity index (χ1) is 14.1. The van der Waals surface area contributed by atoms with Gasteiger partial charge in [0.2, 0.25) is 5.89 Å². The Balaban J connectivity index is 0.000000755. The monoisotopic (exact) mass is 389 g/mol. The molecule has 1 N–H and O–H groups in total. The Labute approximate surface area is 165 Å². The molecule has 8 heteroatoms. The van der Waals surface area contributed by atoms with E-state index in [1.165, 1.54) is 0 Å². The van der Waals surface area contributed by atoms with Crippen LogP contribution in [-0.4, -0.2) is 22.3 Å². The van der Waals surface area contributed by atoms with E-state index in [2.05, 4.69) is 15.5 Å². The van der Waals surface area contributed by atoms with Crippen molar-refractivity contribution in [1.29, 1.82) is 0 Å². The van der Waals surface area contributed by atoms with Crippen LogP contribution in [0.4, 0.5) is 5.69 Å². The lowest BCUT2D eigenvalue weighted by Gasteiger charge is -2.06. The number of hydrogen-bond acceptors (Lipinski definition) is 7. The van der Waals surface area contributed by atoms with E-state index >= 15 is 0 Å². The summed E-state index contributed by atoms with van der Waals surface area (Å²) in [6, 6.07) is 18.1. The second-order valence-corrected chi connectivity index (χ2v) is 5.87. The molecule has 0 atom stereocenters. The van der Waals surface area contributed by atoms with E-state index in [1.54, 1.807) is 42.7 Å². The van der Waals surface area contributed by atoms with Crippen LogP contribution in [0, 0.1) is 6.92 Å². The topological polar surface area (TPSA) is 115 Å². The summed E-state index contributed by atoms with van der Waals surface area (Å²) in [6.45, 7) is 1.98. The highest BCUT2D eigenvalue weighted by Crippen LogP contribution is 2.26. The molecule has 0 saturated heterocycles. The normalized spacial score (nSPS) is 9.83. The van der Waals surface area contributed by atoms with Gasteiger partial charge in [0.25, 0.3) is 11.8 Å². The number of aryl methyl sites for hydroxylation is 1. The summed E-state index contributed by atoms with van der Waals surface area (Å²) < 4.78 is 10.9. The fourth-order valence-electron chi connectivity index (χ4n) is 2.48. The molecule has 0 aliphatic heterocycles. The predicted octanol–water partition coefficient (Wildman–Crippen LogP) is 3.97. The van der Waals surface area contributed by atoms with Crippen LogP contribution in [0.25, 0.3) is 23.1 Å². The average molecular weight is 389 g/mol. The Morgan fingerprint density at radius 3 is 2.38 bits per heavy atom. The summed E-state index contributed by atoms with van der Waals surface area (Å²) in [5.74, 6) is 0.985. The first-order valence-corrected chi connectivity index (χ1v) is 8.46. The van der Waals surface area contributed by atoms with Crippen molar-refractivity contribution in [2.45, 2.75) is 6.92 Å². The smallest absolute Gasteiger partial charge is 0.373 e. The van der Waals surface area contributed by atoms with Crippen LogP contribution in [0.3, 0.4) is 0 Å². The Kier molecular flexibility index (Phi) is 6.09. The number of benzene rings is 2. The van der Waals surface area contributed by atoms with Gasteiger partial charge in [0.15, 0.2) is 5.76 Å². The quantitative estimate of drug-likeness (QED) is 0.561. The molecule has 1 amide bonds. The Morgan fingerprint density at radius 2 is 1.69 bits per heavy atom. The van der Waals surface area contributed by atoms with Gasteiger partial charge in [-0.25, -0.2) is 0 Å². The third-order valence-corrected chi connectivity index (χ3v) is 3.84. The largest absolute Gasteiger partial charge is 0.459 e. The predicted molar refractivity (Wildman–Crippen MR) is 102 cm³/mol. The van der Waals surface area contributed by atoms with Gasteiger partial charge in [-0.15, -0.1) is 10.2 Å². The van der Waals surface area contributed by atoms with Crippen LogP contribution >= 0.6 is 0 Å². The van der Waals surface area contributed by atoms with Crippen molar-refractivity contribution in [3.8, 4) is 23.1 Å². The molecule has 0 aliphatic rings. The van der Waals surface area contributed by atoms with Crippen molar-refractivity contribution in [1.82, 2.24) is 10.2 Å². The number of aromatic nitrogens is 2. The number of anilines is 1. The number of amides is 1. The molecule has 2 aromatic carbocycles. The van der Waals surface area contributed by atoms with E-state index in [9.17, 15) is 4.79 Å². The van der Waals surface area contributed by atoms with Crippen molar-refractivity contribution in [2.75, 3.05) is 5.32 Å². The Hall–Kier alpha value is -4.29. The molecule has 144 valence electrons. The van der Waals surface area contributed by atoms with Crippen molar-refractivity contribution in [3.63, 3.8) is 0 Å². The maximum atomic E-state index is 12.4. The van der Waals surface area contributed by atoms with E-state index in [1.807, 2.05) is 31.2 Å². The molecule has 0 saturated carbocycles. The zero-order valence-electron chi connectivity index (χ0n) is 15.3. The minimum atomic E-state index is -0.177. The SMILES string of the molecule is Cc1ccc(C(=O)Nc2cccc(-c3nnc(-c4ccco4)o3)c2)cc1.O=C=O. The van der Waals surface area contributed by atoms with Gasteiger partial charge in [0.05, 0.1) is 6.26 Å². The zero-order valence-corrected chi connectivity index (χ0v) is 15.3. The third kappa shape index (κ3) is 4.91. The minimum absolute atomic E-state index is 0.177. The number of nitrogens with zero attached hydrogens (tertiary/aromatic N) is 2. The van der Waals surface area contributed by atoms with Crippen LogP contribution in [0.1, 0.15) is 15.9 Å². The number of hydrogen-bond donors (Lipinski definition) is 1. The van der Waals surface area contributed by atoms with E-state index in [0.717, 1.165) is 5.56 Å². The van der Waals surface area contributed by atoms with E-state index in [-0.39, 0.29) is 12.1 Å². The van der Waals surface area contributed by atoms with Gasteiger partial charge in [-0.2, -0.15) is 9.59 Å². The molecule has 0 fully saturated rings. The Bertz CT molecular complexity index is 1130. The third-order valence-electron chi connectivity index (χ3n) is 3.84. The van der Waals surface area contributed by atoms with Gasteiger partial charge in [0, 0.05) is 16.8 Å². The molecule has 4 rings (SSSR count). The maximum absolute atomic E-state index is 12.4. The molecule has 2 aromatic heterocycles. The first kappa shape index (κ1) is 19.5. The van der Waals surface area contributed by atoms with Gasteiger partial charge in [-0.1, -0.05) is 23.8 Å². The minimum Gasteiger partial charge on any atom is -0.459 e. The first-order valence-electron chi connectivity index (χ1n) is 8.46. The second kappa shape index (κ2) is 9.07. The molecule has 0 spiro atoms. The number of nitrogens with one attached hydrogen (secondary N) is 1. The summed E-state index contributed by atoms with van der Waals surface area (Å²) in [7, 11) is 0.